The van der Waals surface area contributed by atoms with Crippen LogP contribution in [0.2, 0.25) is 0 Å². The van der Waals surface area contributed by atoms with Crippen LogP contribution in [0.15, 0.2) is 369 Å². The quantitative estimate of drug-likeness (QED) is 0.150. The standard InChI is InChI=1S/C15H14O.2C15H14S.C14H12S.C14H12.C13H10O.C13H10S/c3*1-2-7-14-11-16-15-8-4-3-6-13(15)10-9-12(14)5-1;1-3-7-13-11(5-1)9-10-12-6-2-4-8-14(12)15-13;1-2-6-12-10-14-8-4-3-7-13(14)9-11(12)5-1;2*1-3-7-12-10(5-1)9-11-6-2-4-8-13(11)14-12/h3*1-8H,9-11H2;1-8H,9-10H2;1-8H,9-10H2;2*1-8H,9H2. The van der Waals surface area contributed by atoms with Gasteiger partial charge >= 0.3 is 0 Å². The van der Waals surface area contributed by atoms with Crippen LogP contribution < -0.4 is 9.47 Å². The van der Waals surface area contributed by atoms with Crippen molar-refractivity contribution in [2.45, 2.75) is 125 Å². The Hall–Kier alpha value is -9.92. The van der Waals surface area contributed by atoms with Crippen LogP contribution in [0, 0.1) is 0 Å². The molecule has 0 saturated carbocycles. The molecule has 6 heterocycles. The Morgan fingerprint density at radius 1 is 0.171 bits per heavy atom. The smallest absolute Gasteiger partial charge is 0.130 e. The third-order valence-corrected chi connectivity index (χ3v) is 25.1. The summed E-state index contributed by atoms with van der Waals surface area (Å²) in [4.78, 5) is 8.57. The first-order valence-electron chi connectivity index (χ1n) is 37.0. The summed E-state index contributed by atoms with van der Waals surface area (Å²) in [5.74, 6) is 5.23. The second kappa shape index (κ2) is 35.7. The van der Waals surface area contributed by atoms with Crippen LogP contribution in [0.4, 0.5) is 0 Å². The molecule has 0 amide bonds. The lowest BCUT2D eigenvalue weighted by Crippen LogP contribution is -2.07. The van der Waals surface area contributed by atoms with E-state index >= 15 is 0 Å². The Morgan fingerprint density at radius 3 is 0.800 bits per heavy atom. The molecular formula is C99H86O2S4. The number of thioether (sulfide) groups is 2. The highest BCUT2D eigenvalue weighted by atomic mass is 32.2. The summed E-state index contributed by atoms with van der Waals surface area (Å²) >= 11 is 7.72. The average Bonchev–Trinajstić information content (AvgIpc) is 1.54. The van der Waals surface area contributed by atoms with Crippen molar-refractivity contribution in [3.8, 4) is 17.2 Å². The fraction of sp³-hybridized carbons (Fsp3) is 0.152. The summed E-state index contributed by atoms with van der Waals surface area (Å²) < 4.78 is 11.6. The second-order valence-electron chi connectivity index (χ2n) is 27.2. The molecule has 0 fully saturated rings. The minimum atomic E-state index is 0.688. The molecule has 2 nitrogen and oxygen atoms in total. The molecule has 6 aliphatic heterocycles. The molecule has 7 aliphatic rings. The number of para-hydroxylation sites is 3. The van der Waals surface area contributed by atoms with Crippen LogP contribution in [0.5, 0.6) is 17.2 Å². The van der Waals surface area contributed by atoms with Crippen LogP contribution in [-0.4, -0.2) is 0 Å². The van der Waals surface area contributed by atoms with Gasteiger partial charge in [0.05, 0.1) is 0 Å². The summed E-state index contributed by atoms with van der Waals surface area (Å²) in [6.45, 7) is 0.688. The minimum Gasteiger partial charge on any atom is -0.489 e. The van der Waals surface area contributed by atoms with Gasteiger partial charge in [-0.25, -0.2) is 0 Å². The van der Waals surface area contributed by atoms with E-state index in [4.69, 9.17) is 9.47 Å². The molecule has 1 aliphatic carbocycles. The lowest BCUT2D eigenvalue weighted by molar-refractivity contribution is 0.299. The maximum absolute atomic E-state index is 5.85. The molecule has 0 spiro atoms. The third kappa shape index (κ3) is 18.6. The number of hydrogen-bond donors (Lipinski definition) is 0. The van der Waals surface area contributed by atoms with Crippen molar-refractivity contribution >= 4 is 47.0 Å². The molecule has 0 saturated heterocycles. The highest BCUT2D eigenvalue weighted by molar-refractivity contribution is 8.00. The first-order chi connectivity index (χ1) is 52.0. The Kier molecular flexibility index (Phi) is 24.1. The highest BCUT2D eigenvalue weighted by Crippen LogP contribution is 2.41. The normalized spacial score (nSPS) is 13.7. The molecule has 14 aromatic carbocycles. The van der Waals surface area contributed by atoms with E-state index in [0.717, 1.165) is 67.3 Å². The molecule has 0 aromatic heterocycles. The number of hydrogen-bond acceptors (Lipinski definition) is 6. The molecule has 0 atom stereocenters. The van der Waals surface area contributed by atoms with E-state index in [1.54, 1.807) is 0 Å². The Morgan fingerprint density at radius 2 is 0.400 bits per heavy atom. The zero-order chi connectivity index (χ0) is 70.6. The maximum Gasteiger partial charge on any atom is 0.130 e. The number of benzene rings is 14. The minimum absolute atomic E-state index is 0.688. The van der Waals surface area contributed by atoms with Gasteiger partial charge in [-0.3, -0.25) is 0 Å². The van der Waals surface area contributed by atoms with Crippen LogP contribution in [0.3, 0.4) is 0 Å². The lowest BCUT2D eigenvalue weighted by atomic mass is 9.86. The summed E-state index contributed by atoms with van der Waals surface area (Å²) in [5.41, 5.74) is 27.5. The fourth-order valence-corrected chi connectivity index (χ4v) is 19.0. The predicted molar refractivity (Wildman–Crippen MR) is 443 cm³/mol. The third-order valence-electron chi connectivity index (χ3n) is 20.3. The molecule has 0 radical (unpaired) electrons. The molecule has 14 aromatic rings. The van der Waals surface area contributed by atoms with E-state index in [1.165, 1.54) is 174 Å². The van der Waals surface area contributed by atoms with Crippen LogP contribution in [0.1, 0.15) is 106 Å². The van der Waals surface area contributed by atoms with Crippen LogP contribution in [0.25, 0.3) is 0 Å². The van der Waals surface area contributed by atoms with E-state index in [2.05, 4.69) is 309 Å². The first-order valence-corrected chi connectivity index (χ1v) is 40.6. The van der Waals surface area contributed by atoms with E-state index in [9.17, 15) is 0 Å². The summed E-state index contributed by atoms with van der Waals surface area (Å²) in [6, 6.07) is 121. The number of ether oxygens (including phenoxy) is 2. The van der Waals surface area contributed by atoms with Crippen molar-refractivity contribution in [2.24, 2.45) is 0 Å². The van der Waals surface area contributed by atoms with Crippen LogP contribution >= 0.6 is 47.0 Å². The van der Waals surface area contributed by atoms with Crippen molar-refractivity contribution in [1.82, 2.24) is 0 Å². The molecule has 518 valence electrons. The largest absolute Gasteiger partial charge is 0.489 e. The first kappa shape index (κ1) is 70.7. The summed E-state index contributed by atoms with van der Waals surface area (Å²) in [7, 11) is 0. The van der Waals surface area contributed by atoms with Crippen molar-refractivity contribution in [1.29, 1.82) is 0 Å². The predicted octanol–water partition coefficient (Wildman–Crippen LogP) is 25.8. The van der Waals surface area contributed by atoms with Gasteiger partial charge < -0.3 is 9.47 Å². The summed E-state index contributed by atoms with van der Waals surface area (Å²) in [6.07, 6.45) is 13.5. The van der Waals surface area contributed by atoms with Crippen molar-refractivity contribution in [2.75, 3.05) is 0 Å². The highest BCUT2D eigenvalue weighted by Gasteiger charge is 2.19. The number of aryl methyl sites for hydroxylation is 8. The summed E-state index contributed by atoms with van der Waals surface area (Å²) in [5, 5.41) is 0. The zero-order valence-corrected chi connectivity index (χ0v) is 62.7. The average molecular weight is 1440 g/mol. The van der Waals surface area contributed by atoms with Crippen molar-refractivity contribution in [3.05, 3.63) is 445 Å². The zero-order valence-electron chi connectivity index (χ0n) is 59.4. The molecule has 0 N–H and O–H groups in total. The molecule has 6 heteroatoms. The van der Waals surface area contributed by atoms with Gasteiger partial charge in [0.1, 0.15) is 23.9 Å². The second-order valence-corrected chi connectivity index (χ2v) is 31.4. The lowest BCUT2D eigenvalue weighted by Gasteiger charge is -2.19. The van der Waals surface area contributed by atoms with Gasteiger partial charge in [-0.2, -0.15) is 0 Å². The maximum atomic E-state index is 5.85. The van der Waals surface area contributed by atoms with Crippen molar-refractivity contribution < 1.29 is 9.47 Å². The van der Waals surface area contributed by atoms with Gasteiger partial charge in [-0.05, 0) is 231 Å². The molecular weight excluding hydrogens is 1350 g/mol. The number of fused-ring (bicyclic) bond motifs is 14. The monoisotopic (exact) mass is 1430 g/mol. The van der Waals surface area contributed by atoms with E-state index in [-0.39, 0.29) is 0 Å². The fourth-order valence-electron chi connectivity index (χ4n) is 14.5. The topological polar surface area (TPSA) is 18.5 Å². The Bertz CT molecular complexity index is 4220. The van der Waals surface area contributed by atoms with Gasteiger partial charge in [0, 0.05) is 47.3 Å². The van der Waals surface area contributed by atoms with E-state index < -0.39 is 0 Å². The van der Waals surface area contributed by atoms with Crippen molar-refractivity contribution in [3.63, 3.8) is 0 Å². The van der Waals surface area contributed by atoms with Gasteiger partial charge in [-0.15, -0.1) is 23.5 Å². The van der Waals surface area contributed by atoms with Gasteiger partial charge in [0.25, 0.3) is 0 Å². The molecule has 105 heavy (non-hydrogen) atoms. The van der Waals surface area contributed by atoms with Gasteiger partial charge in [0.2, 0.25) is 0 Å². The SMILES string of the molecule is c1ccc2c(c1)CCc1ccccc1OC2.c1ccc2c(c1)CCc1ccccc1S2.c1ccc2c(c1)CCc1ccccc1SC2.c1ccc2c(c1)CCc1ccccc1SC2.c1ccc2c(c1)Cc1ccccc1C2.c1ccc2c(c1)Cc1ccccc1O2.c1ccc2c(c1)Cc1ccccc1S2. The van der Waals surface area contributed by atoms with Gasteiger partial charge in [0.15, 0.2) is 0 Å². The molecule has 0 bridgehead atoms. The van der Waals surface area contributed by atoms with E-state index in [1.807, 2.05) is 77.4 Å². The Labute approximate surface area is 638 Å². The van der Waals surface area contributed by atoms with Gasteiger partial charge in [-0.1, -0.05) is 309 Å². The number of rotatable bonds is 0. The Balaban J connectivity index is 0.0000000984. The van der Waals surface area contributed by atoms with E-state index in [0.29, 0.717) is 6.61 Å². The molecule has 0 unspecified atom stereocenters. The molecule has 21 rings (SSSR count). The van der Waals surface area contributed by atoms with Crippen LogP contribution in [-0.2, 0) is 95.2 Å².